The first kappa shape index (κ1) is 12.8. The number of aliphatic hydroxyl groups is 1. The van der Waals surface area contributed by atoms with Crippen molar-refractivity contribution >= 4 is 0 Å². The highest BCUT2D eigenvalue weighted by atomic mass is 19.4. The lowest BCUT2D eigenvalue weighted by atomic mass is 9.89. The average molecular weight is 225 g/mol. The van der Waals surface area contributed by atoms with Gasteiger partial charge in [-0.25, -0.2) is 0 Å². The first-order valence-electron chi connectivity index (χ1n) is 5.37. The van der Waals surface area contributed by atoms with Crippen molar-refractivity contribution in [3.63, 3.8) is 0 Å². The zero-order valence-corrected chi connectivity index (χ0v) is 8.85. The fourth-order valence-corrected chi connectivity index (χ4v) is 1.82. The molecule has 1 aliphatic rings. The van der Waals surface area contributed by atoms with Crippen molar-refractivity contribution in [1.29, 1.82) is 0 Å². The predicted molar refractivity (Wildman–Crippen MR) is 51.5 cm³/mol. The maximum absolute atomic E-state index is 11.8. The van der Waals surface area contributed by atoms with Gasteiger partial charge in [0.15, 0.2) is 0 Å². The van der Waals surface area contributed by atoms with Crippen molar-refractivity contribution in [2.45, 2.75) is 63.4 Å². The van der Waals surface area contributed by atoms with Gasteiger partial charge in [-0.2, -0.15) is 13.2 Å². The van der Waals surface area contributed by atoms with Crippen molar-refractivity contribution < 1.29 is 18.3 Å². The number of nitrogens with one attached hydrogen (secondary N) is 1. The number of hydrogen-bond acceptors (Lipinski definition) is 2. The number of alkyl halides is 3. The highest BCUT2D eigenvalue weighted by Crippen LogP contribution is 2.24. The van der Waals surface area contributed by atoms with E-state index in [2.05, 4.69) is 5.32 Å². The van der Waals surface area contributed by atoms with E-state index in [1.165, 1.54) is 0 Å². The Morgan fingerprint density at radius 3 is 2.47 bits per heavy atom. The van der Waals surface area contributed by atoms with Gasteiger partial charge in [-0.05, 0) is 32.6 Å². The molecule has 1 fully saturated rings. The van der Waals surface area contributed by atoms with Crippen molar-refractivity contribution in [2.24, 2.45) is 0 Å². The van der Waals surface area contributed by atoms with Gasteiger partial charge in [-0.3, -0.25) is 0 Å². The quantitative estimate of drug-likeness (QED) is 0.752. The molecule has 0 saturated heterocycles. The molecule has 1 aliphatic carbocycles. The highest BCUT2D eigenvalue weighted by Gasteiger charge is 2.29. The molecule has 0 aromatic heterocycles. The maximum Gasteiger partial charge on any atom is 0.389 e. The molecule has 0 aliphatic heterocycles. The van der Waals surface area contributed by atoms with Crippen molar-refractivity contribution in [1.82, 2.24) is 5.32 Å². The average Bonchev–Trinajstić information content (AvgIpc) is 1.98. The van der Waals surface area contributed by atoms with Crippen LogP contribution in [0.5, 0.6) is 0 Å². The van der Waals surface area contributed by atoms with Crippen LogP contribution < -0.4 is 5.32 Å². The molecule has 5 heteroatoms. The van der Waals surface area contributed by atoms with Gasteiger partial charge in [0.05, 0.1) is 6.10 Å². The van der Waals surface area contributed by atoms with Gasteiger partial charge in [0.1, 0.15) is 0 Å². The Morgan fingerprint density at radius 2 is 2.00 bits per heavy atom. The normalized spacial score (nSPS) is 28.6. The summed E-state index contributed by atoms with van der Waals surface area (Å²) in [4.78, 5) is 0. The van der Waals surface area contributed by atoms with Crippen molar-refractivity contribution in [3.8, 4) is 0 Å². The molecule has 0 bridgehead atoms. The predicted octanol–water partition coefficient (Wildman–Crippen LogP) is 2.22. The molecule has 0 amide bonds. The van der Waals surface area contributed by atoms with Crippen LogP contribution in [0.1, 0.15) is 39.0 Å². The van der Waals surface area contributed by atoms with Crippen LogP contribution >= 0.6 is 0 Å². The molecule has 2 nitrogen and oxygen atoms in total. The molecule has 2 N–H and O–H groups in total. The van der Waals surface area contributed by atoms with Crippen LogP contribution in [0.15, 0.2) is 0 Å². The maximum atomic E-state index is 11.8. The molecule has 15 heavy (non-hydrogen) atoms. The van der Waals surface area contributed by atoms with E-state index in [4.69, 9.17) is 5.11 Å². The molecule has 1 rings (SSSR count). The summed E-state index contributed by atoms with van der Waals surface area (Å²) in [5.41, 5.74) is 0. The second kappa shape index (κ2) is 5.16. The van der Waals surface area contributed by atoms with Crippen molar-refractivity contribution in [2.75, 3.05) is 0 Å². The zero-order valence-electron chi connectivity index (χ0n) is 8.85. The van der Waals surface area contributed by atoms with E-state index in [0.717, 1.165) is 12.8 Å². The van der Waals surface area contributed by atoms with Gasteiger partial charge in [0.25, 0.3) is 0 Å². The molecule has 1 atom stereocenters. The van der Waals surface area contributed by atoms with Crippen LogP contribution in [0, 0.1) is 0 Å². The van der Waals surface area contributed by atoms with E-state index in [1.807, 2.05) is 6.92 Å². The Labute approximate surface area is 87.9 Å². The van der Waals surface area contributed by atoms with E-state index in [9.17, 15) is 13.2 Å². The monoisotopic (exact) mass is 225 g/mol. The molecule has 90 valence electrons. The third-order valence-electron chi connectivity index (χ3n) is 2.73. The molecular weight excluding hydrogens is 207 g/mol. The van der Waals surface area contributed by atoms with Gasteiger partial charge < -0.3 is 10.4 Å². The van der Waals surface area contributed by atoms with Crippen LogP contribution in [0.4, 0.5) is 13.2 Å². The van der Waals surface area contributed by atoms with E-state index in [-0.39, 0.29) is 18.6 Å². The van der Waals surface area contributed by atoms with Crippen LogP contribution in [0.2, 0.25) is 0 Å². The first-order chi connectivity index (χ1) is 6.87. The summed E-state index contributed by atoms with van der Waals surface area (Å²) in [7, 11) is 0. The third-order valence-corrected chi connectivity index (χ3v) is 2.73. The minimum absolute atomic E-state index is 0.102. The summed E-state index contributed by atoms with van der Waals surface area (Å²) in [6.07, 6.45) is -2.80. The number of halogens is 3. The van der Waals surface area contributed by atoms with Crippen molar-refractivity contribution in [3.05, 3.63) is 0 Å². The van der Waals surface area contributed by atoms with E-state index in [0.29, 0.717) is 12.5 Å². The Hall–Kier alpha value is -0.290. The SMILES string of the molecule is CC(CCCC(F)(F)F)NC1CC(O)C1. The Bertz CT molecular complexity index is 190. The summed E-state index contributed by atoms with van der Waals surface area (Å²) in [6.45, 7) is 1.89. The molecule has 1 unspecified atom stereocenters. The minimum atomic E-state index is -4.04. The van der Waals surface area contributed by atoms with Crippen LogP contribution in [-0.4, -0.2) is 29.5 Å². The van der Waals surface area contributed by atoms with Crippen LogP contribution in [0.3, 0.4) is 0 Å². The summed E-state index contributed by atoms with van der Waals surface area (Å²) in [6, 6.07) is 0.394. The Morgan fingerprint density at radius 1 is 1.40 bits per heavy atom. The molecule has 0 aromatic rings. The highest BCUT2D eigenvalue weighted by molar-refractivity contribution is 4.86. The lowest BCUT2D eigenvalue weighted by Crippen LogP contribution is -2.47. The van der Waals surface area contributed by atoms with Gasteiger partial charge in [0.2, 0.25) is 0 Å². The number of hydrogen-bond donors (Lipinski definition) is 2. The molecular formula is C10H18F3NO. The summed E-state index contributed by atoms with van der Waals surface area (Å²) in [5.74, 6) is 0. The van der Waals surface area contributed by atoms with E-state index >= 15 is 0 Å². The lowest BCUT2D eigenvalue weighted by molar-refractivity contribution is -0.135. The molecule has 0 spiro atoms. The summed E-state index contributed by atoms with van der Waals surface area (Å²) in [5, 5.41) is 12.2. The summed E-state index contributed by atoms with van der Waals surface area (Å²) < 4.78 is 35.5. The smallest absolute Gasteiger partial charge is 0.389 e. The number of aliphatic hydroxyl groups excluding tert-OH is 1. The third kappa shape index (κ3) is 5.37. The minimum Gasteiger partial charge on any atom is -0.393 e. The molecule has 0 aromatic carbocycles. The van der Waals surface area contributed by atoms with Crippen LogP contribution in [-0.2, 0) is 0 Å². The fourth-order valence-electron chi connectivity index (χ4n) is 1.82. The van der Waals surface area contributed by atoms with Gasteiger partial charge >= 0.3 is 6.18 Å². The zero-order chi connectivity index (χ0) is 11.5. The second-order valence-corrected chi connectivity index (χ2v) is 4.40. The molecule has 0 radical (unpaired) electrons. The second-order valence-electron chi connectivity index (χ2n) is 4.40. The Kier molecular flexibility index (Phi) is 4.40. The standard InChI is InChI=1S/C10H18F3NO/c1-7(3-2-4-10(11,12)13)14-8-5-9(15)6-8/h7-9,14-15H,2-6H2,1H3. The molecule has 0 heterocycles. The van der Waals surface area contributed by atoms with Crippen LogP contribution in [0.25, 0.3) is 0 Å². The van der Waals surface area contributed by atoms with Gasteiger partial charge in [-0.15, -0.1) is 0 Å². The lowest BCUT2D eigenvalue weighted by Gasteiger charge is -2.34. The fraction of sp³-hybridized carbons (Fsp3) is 1.00. The van der Waals surface area contributed by atoms with E-state index in [1.54, 1.807) is 0 Å². The van der Waals surface area contributed by atoms with Gasteiger partial charge in [-0.1, -0.05) is 0 Å². The Balaban J connectivity index is 2.01. The first-order valence-corrected chi connectivity index (χ1v) is 5.37. The largest absolute Gasteiger partial charge is 0.393 e. The topological polar surface area (TPSA) is 32.3 Å². The molecule has 1 saturated carbocycles. The van der Waals surface area contributed by atoms with Gasteiger partial charge in [0, 0.05) is 18.5 Å². The summed E-state index contributed by atoms with van der Waals surface area (Å²) >= 11 is 0. The number of rotatable bonds is 5. The van der Waals surface area contributed by atoms with E-state index < -0.39 is 12.6 Å².